The number of hydrogen-bond donors (Lipinski definition) is 1. The van der Waals surface area contributed by atoms with Crippen molar-refractivity contribution in [3.8, 4) is 22.5 Å². The number of halogens is 1. The molecule has 3 aromatic carbocycles. The molecule has 0 saturated heterocycles. The molecular formula is C23H16ClNO2. The van der Waals surface area contributed by atoms with Gasteiger partial charge >= 0.3 is 0 Å². The number of hydrogen-bond acceptors (Lipinski definition) is 2. The number of furan rings is 1. The van der Waals surface area contributed by atoms with Gasteiger partial charge in [0.1, 0.15) is 5.76 Å². The first kappa shape index (κ1) is 17.1. The van der Waals surface area contributed by atoms with Crippen molar-refractivity contribution >= 4 is 23.2 Å². The maximum atomic E-state index is 12.7. The van der Waals surface area contributed by atoms with Gasteiger partial charge in [0.15, 0.2) is 5.76 Å². The van der Waals surface area contributed by atoms with Crippen LogP contribution >= 0.6 is 11.6 Å². The summed E-state index contributed by atoms with van der Waals surface area (Å²) < 4.78 is 5.73. The summed E-state index contributed by atoms with van der Waals surface area (Å²) in [6.45, 7) is 0. The first-order chi connectivity index (χ1) is 13.2. The van der Waals surface area contributed by atoms with Crippen LogP contribution in [0.5, 0.6) is 0 Å². The molecular weight excluding hydrogens is 358 g/mol. The van der Waals surface area contributed by atoms with Crippen LogP contribution < -0.4 is 5.32 Å². The van der Waals surface area contributed by atoms with Crippen LogP contribution in [0, 0.1) is 0 Å². The normalized spacial score (nSPS) is 10.6. The zero-order chi connectivity index (χ0) is 18.6. The maximum absolute atomic E-state index is 12.7. The lowest BCUT2D eigenvalue weighted by atomic mass is 10.0. The summed E-state index contributed by atoms with van der Waals surface area (Å²) in [6, 6.07) is 28.4. The van der Waals surface area contributed by atoms with E-state index in [0.717, 1.165) is 22.4 Å². The van der Waals surface area contributed by atoms with E-state index in [9.17, 15) is 4.79 Å². The van der Waals surface area contributed by atoms with Crippen molar-refractivity contribution in [2.24, 2.45) is 0 Å². The van der Waals surface area contributed by atoms with Crippen LogP contribution in [0.25, 0.3) is 22.5 Å². The molecule has 0 atom stereocenters. The molecule has 3 nitrogen and oxygen atoms in total. The van der Waals surface area contributed by atoms with Gasteiger partial charge < -0.3 is 9.73 Å². The Hall–Kier alpha value is -3.30. The highest BCUT2D eigenvalue weighted by Crippen LogP contribution is 2.29. The molecule has 132 valence electrons. The summed E-state index contributed by atoms with van der Waals surface area (Å²) in [4.78, 5) is 12.7. The van der Waals surface area contributed by atoms with E-state index in [4.69, 9.17) is 16.0 Å². The Labute approximate surface area is 162 Å². The molecule has 0 aliphatic rings. The fraction of sp³-hybridized carbons (Fsp3) is 0. The molecule has 1 N–H and O–H groups in total. The van der Waals surface area contributed by atoms with Crippen molar-refractivity contribution in [1.29, 1.82) is 0 Å². The number of para-hydroxylation sites is 1. The van der Waals surface area contributed by atoms with Gasteiger partial charge in [0.2, 0.25) is 0 Å². The van der Waals surface area contributed by atoms with Gasteiger partial charge in [-0.15, -0.1) is 0 Å². The van der Waals surface area contributed by atoms with E-state index in [1.165, 1.54) is 0 Å². The van der Waals surface area contributed by atoms with E-state index in [1.807, 2.05) is 66.7 Å². The predicted octanol–water partition coefficient (Wildman–Crippen LogP) is 6.52. The predicted molar refractivity (Wildman–Crippen MR) is 109 cm³/mol. The number of rotatable bonds is 4. The molecule has 0 unspecified atom stereocenters. The molecule has 4 aromatic rings. The quantitative estimate of drug-likeness (QED) is 0.442. The van der Waals surface area contributed by atoms with E-state index in [-0.39, 0.29) is 11.7 Å². The number of nitrogens with one attached hydrogen (secondary N) is 1. The summed E-state index contributed by atoms with van der Waals surface area (Å²) >= 11 is 5.92. The molecule has 0 spiro atoms. The Morgan fingerprint density at radius 3 is 2.22 bits per heavy atom. The molecule has 1 amide bonds. The minimum absolute atomic E-state index is 0.253. The molecule has 1 heterocycles. The third kappa shape index (κ3) is 3.78. The monoisotopic (exact) mass is 373 g/mol. The van der Waals surface area contributed by atoms with Crippen molar-refractivity contribution in [3.05, 3.63) is 102 Å². The highest BCUT2D eigenvalue weighted by atomic mass is 35.5. The SMILES string of the molecule is O=C(Nc1ccccc1-c1ccccc1)c1ccc(-c2ccc(Cl)cc2)o1. The van der Waals surface area contributed by atoms with E-state index in [2.05, 4.69) is 5.32 Å². The third-order valence-electron chi connectivity index (χ3n) is 4.22. The summed E-state index contributed by atoms with van der Waals surface area (Å²) in [5.41, 5.74) is 3.59. The third-order valence-corrected chi connectivity index (χ3v) is 4.47. The van der Waals surface area contributed by atoms with Gasteiger partial charge in [-0.1, -0.05) is 60.1 Å². The molecule has 0 radical (unpaired) electrons. The first-order valence-electron chi connectivity index (χ1n) is 8.52. The standard InChI is InChI=1S/C23H16ClNO2/c24-18-12-10-17(11-13-18)21-14-15-22(27-21)23(26)25-20-9-5-4-8-19(20)16-6-2-1-3-7-16/h1-15H,(H,25,26). The van der Waals surface area contributed by atoms with Crippen LogP contribution in [0.2, 0.25) is 5.02 Å². The van der Waals surface area contributed by atoms with Gasteiger partial charge in [-0.3, -0.25) is 4.79 Å². The molecule has 0 bridgehead atoms. The zero-order valence-electron chi connectivity index (χ0n) is 14.4. The molecule has 0 aliphatic carbocycles. The molecule has 0 aliphatic heterocycles. The average molecular weight is 374 g/mol. The molecule has 0 saturated carbocycles. The lowest BCUT2D eigenvalue weighted by molar-refractivity contribution is 0.0997. The van der Waals surface area contributed by atoms with Gasteiger partial charge in [0.25, 0.3) is 5.91 Å². The highest BCUT2D eigenvalue weighted by Gasteiger charge is 2.14. The van der Waals surface area contributed by atoms with Gasteiger partial charge in [-0.25, -0.2) is 0 Å². The topological polar surface area (TPSA) is 42.2 Å². The number of anilines is 1. The molecule has 0 fully saturated rings. The Morgan fingerprint density at radius 1 is 0.741 bits per heavy atom. The largest absolute Gasteiger partial charge is 0.451 e. The number of amides is 1. The van der Waals surface area contributed by atoms with Gasteiger partial charge in [-0.2, -0.15) is 0 Å². The Bertz CT molecular complexity index is 1070. The van der Waals surface area contributed by atoms with Crippen LogP contribution in [0.4, 0.5) is 5.69 Å². The van der Waals surface area contributed by atoms with Crippen LogP contribution in [0.3, 0.4) is 0 Å². The number of benzene rings is 3. The van der Waals surface area contributed by atoms with Gasteiger partial charge in [0.05, 0.1) is 0 Å². The number of carbonyl (C=O) groups is 1. The second-order valence-electron chi connectivity index (χ2n) is 6.04. The minimum Gasteiger partial charge on any atom is -0.451 e. The fourth-order valence-corrected chi connectivity index (χ4v) is 3.00. The lowest BCUT2D eigenvalue weighted by Gasteiger charge is -2.10. The lowest BCUT2D eigenvalue weighted by Crippen LogP contribution is -2.11. The van der Waals surface area contributed by atoms with Crippen LogP contribution in [-0.4, -0.2) is 5.91 Å². The Balaban J connectivity index is 1.58. The Morgan fingerprint density at radius 2 is 1.44 bits per heavy atom. The number of carbonyl (C=O) groups excluding carboxylic acids is 1. The van der Waals surface area contributed by atoms with Crippen molar-refractivity contribution in [2.45, 2.75) is 0 Å². The van der Waals surface area contributed by atoms with Crippen LogP contribution in [-0.2, 0) is 0 Å². The molecule has 4 heteroatoms. The van der Waals surface area contributed by atoms with Crippen LogP contribution in [0.15, 0.2) is 95.4 Å². The minimum atomic E-state index is -0.293. The first-order valence-corrected chi connectivity index (χ1v) is 8.90. The average Bonchev–Trinajstić information content (AvgIpc) is 3.20. The van der Waals surface area contributed by atoms with Gasteiger partial charge in [0, 0.05) is 21.8 Å². The van der Waals surface area contributed by atoms with Crippen molar-refractivity contribution in [1.82, 2.24) is 0 Å². The summed E-state index contributed by atoms with van der Waals surface area (Å²) in [5, 5.41) is 3.60. The highest BCUT2D eigenvalue weighted by molar-refractivity contribution is 6.30. The molecule has 1 aromatic heterocycles. The van der Waals surface area contributed by atoms with E-state index in [1.54, 1.807) is 24.3 Å². The Kier molecular flexibility index (Phi) is 4.77. The second-order valence-corrected chi connectivity index (χ2v) is 6.47. The smallest absolute Gasteiger partial charge is 0.291 e. The van der Waals surface area contributed by atoms with E-state index in [0.29, 0.717) is 10.8 Å². The van der Waals surface area contributed by atoms with Crippen molar-refractivity contribution in [3.63, 3.8) is 0 Å². The zero-order valence-corrected chi connectivity index (χ0v) is 15.1. The summed E-state index contributed by atoms with van der Waals surface area (Å²) in [5.74, 6) is 0.578. The fourth-order valence-electron chi connectivity index (χ4n) is 2.87. The molecule has 4 rings (SSSR count). The van der Waals surface area contributed by atoms with E-state index >= 15 is 0 Å². The summed E-state index contributed by atoms with van der Waals surface area (Å²) in [7, 11) is 0. The van der Waals surface area contributed by atoms with Gasteiger partial charge in [-0.05, 0) is 48.0 Å². The van der Waals surface area contributed by atoms with E-state index < -0.39 is 0 Å². The van der Waals surface area contributed by atoms with Crippen LogP contribution in [0.1, 0.15) is 10.6 Å². The second kappa shape index (κ2) is 7.52. The summed E-state index contributed by atoms with van der Waals surface area (Å²) in [6.07, 6.45) is 0. The van der Waals surface area contributed by atoms with Crippen molar-refractivity contribution < 1.29 is 9.21 Å². The van der Waals surface area contributed by atoms with Crippen molar-refractivity contribution in [2.75, 3.05) is 5.32 Å². The molecule has 27 heavy (non-hydrogen) atoms. The maximum Gasteiger partial charge on any atom is 0.291 e.